The van der Waals surface area contributed by atoms with Crippen LogP contribution in [0.4, 0.5) is 0 Å². The van der Waals surface area contributed by atoms with Gasteiger partial charge in [0.15, 0.2) is 5.82 Å². The van der Waals surface area contributed by atoms with Crippen molar-refractivity contribution in [2.24, 2.45) is 0 Å². The van der Waals surface area contributed by atoms with E-state index in [1.807, 2.05) is 29.8 Å². The van der Waals surface area contributed by atoms with Crippen LogP contribution < -0.4 is 0 Å². The molecule has 0 spiro atoms. The Morgan fingerprint density at radius 3 is 2.92 bits per heavy atom. The standard InChI is InChI=1S/C17H18N4O2S2/c1-2-21(9-14-19-15(23-20-14)11-5-3-6-11)17(22)12-10-25-16(18-12)13-7-4-8-24-13/h4,7-8,10-11H,2-3,5-6,9H2,1H3. The van der Waals surface area contributed by atoms with E-state index in [1.54, 1.807) is 16.2 Å². The molecule has 1 fully saturated rings. The summed E-state index contributed by atoms with van der Waals surface area (Å²) in [6.07, 6.45) is 3.45. The molecule has 3 heterocycles. The highest BCUT2D eigenvalue weighted by atomic mass is 32.1. The van der Waals surface area contributed by atoms with E-state index in [0.29, 0.717) is 36.4 Å². The highest BCUT2D eigenvalue weighted by Crippen LogP contribution is 2.35. The fourth-order valence-corrected chi connectivity index (χ4v) is 4.31. The molecule has 4 rings (SSSR count). The number of thiophene rings is 1. The van der Waals surface area contributed by atoms with Gasteiger partial charge < -0.3 is 9.42 Å². The Labute approximate surface area is 153 Å². The van der Waals surface area contributed by atoms with Crippen LogP contribution in [0.5, 0.6) is 0 Å². The first-order valence-corrected chi connectivity index (χ1v) is 10.1. The smallest absolute Gasteiger partial charge is 0.273 e. The molecule has 0 N–H and O–H groups in total. The lowest BCUT2D eigenvalue weighted by Gasteiger charge is -2.20. The van der Waals surface area contributed by atoms with E-state index in [-0.39, 0.29) is 5.91 Å². The van der Waals surface area contributed by atoms with E-state index >= 15 is 0 Å². The Morgan fingerprint density at radius 2 is 2.24 bits per heavy atom. The van der Waals surface area contributed by atoms with Crippen LogP contribution in [0.2, 0.25) is 0 Å². The molecule has 0 radical (unpaired) electrons. The van der Waals surface area contributed by atoms with Gasteiger partial charge in [0, 0.05) is 17.8 Å². The maximum Gasteiger partial charge on any atom is 0.273 e. The minimum absolute atomic E-state index is 0.100. The lowest BCUT2D eigenvalue weighted by molar-refractivity contribution is 0.0742. The zero-order valence-electron chi connectivity index (χ0n) is 13.8. The second-order valence-electron chi connectivity index (χ2n) is 6.01. The zero-order valence-corrected chi connectivity index (χ0v) is 15.5. The Bertz CT molecular complexity index is 852. The fraction of sp³-hybridized carbons (Fsp3) is 0.412. The summed E-state index contributed by atoms with van der Waals surface area (Å²) >= 11 is 3.11. The molecule has 1 aliphatic rings. The van der Waals surface area contributed by atoms with Crippen LogP contribution in [0.15, 0.2) is 27.4 Å². The van der Waals surface area contributed by atoms with Crippen molar-refractivity contribution in [3.05, 3.63) is 40.3 Å². The van der Waals surface area contributed by atoms with Gasteiger partial charge in [-0.2, -0.15) is 4.98 Å². The quantitative estimate of drug-likeness (QED) is 0.647. The Balaban J connectivity index is 1.46. The first-order chi connectivity index (χ1) is 12.2. The van der Waals surface area contributed by atoms with Gasteiger partial charge in [0.1, 0.15) is 10.7 Å². The molecule has 3 aromatic heterocycles. The third-order valence-electron chi connectivity index (χ3n) is 4.39. The van der Waals surface area contributed by atoms with Gasteiger partial charge in [0.25, 0.3) is 5.91 Å². The van der Waals surface area contributed by atoms with Crippen LogP contribution >= 0.6 is 22.7 Å². The average molecular weight is 374 g/mol. The number of carbonyl (C=O) groups excluding carboxylic acids is 1. The molecular formula is C17H18N4O2S2. The number of hydrogen-bond acceptors (Lipinski definition) is 7. The second-order valence-corrected chi connectivity index (χ2v) is 7.82. The van der Waals surface area contributed by atoms with Crippen molar-refractivity contribution in [2.75, 3.05) is 6.54 Å². The summed E-state index contributed by atoms with van der Waals surface area (Å²) in [7, 11) is 0. The number of amides is 1. The highest BCUT2D eigenvalue weighted by molar-refractivity contribution is 7.20. The molecule has 3 aromatic rings. The zero-order chi connectivity index (χ0) is 17.2. The summed E-state index contributed by atoms with van der Waals surface area (Å²) in [6, 6.07) is 3.99. The van der Waals surface area contributed by atoms with E-state index in [1.165, 1.54) is 17.8 Å². The van der Waals surface area contributed by atoms with Gasteiger partial charge in [-0.25, -0.2) is 4.98 Å². The maximum absolute atomic E-state index is 12.8. The summed E-state index contributed by atoms with van der Waals surface area (Å²) in [5.74, 6) is 1.57. The molecule has 1 aliphatic carbocycles. The highest BCUT2D eigenvalue weighted by Gasteiger charge is 2.26. The first kappa shape index (κ1) is 16.4. The van der Waals surface area contributed by atoms with Gasteiger partial charge >= 0.3 is 0 Å². The Kier molecular flexibility index (Phi) is 4.63. The third kappa shape index (κ3) is 3.36. The van der Waals surface area contributed by atoms with Gasteiger partial charge in [0.05, 0.1) is 11.4 Å². The Morgan fingerprint density at radius 1 is 1.36 bits per heavy atom. The average Bonchev–Trinajstić information content (AvgIpc) is 3.30. The fourth-order valence-electron chi connectivity index (χ4n) is 2.70. The molecule has 8 heteroatoms. The van der Waals surface area contributed by atoms with Crippen molar-refractivity contribution in [2.45, 2.75) is 38.6 Å². The number of thiazole rings is 1. The second kappa shape index (κ2) is 7.05. The van der Waals surface area contributed by atoms with Crippen molar-refractivity contribution in [1.29, 1.82) is 0 Å². The predicted octanol–water partition coefficient (Wildman–Crippen LogP) is 4.18. The van der Waals surface area contributed by atoms with Crippen molar-refractivity contribution in [3.63, 3.8) is 0 Å². The van der Waals surface area contributed by atoms with Crippen molar-refractivity contribution < 1.29 is 9.32 Å². The summed E-state index contributed by atoms with van der Waals surface area (Å²) < 4.78 is 5.34. The van der Waals surface area contributed by atoms with Crippen LogP contribution in [-0.4, -0.2) is 32.5 Å². The van der Waals surface area contributed by atoms with E-state index in [2.05, 4.69) is 15.1 Å². The number of rotatable bonds is 6. The molecule has 0 aromatic carbocycles. The molecular weight excluding hydrogens is 356 g/mol. The van der Waals surface area contributed by atoms with Crippen LogP contribution in [-0.2, 0) is 6.54 Å². The monoisotopic (exact) mass is 374 g/mol. The van der Waals surface area contributed by atoms with Crippen LogP contribution in [0.25, 0.3) is 9.88 Å². The predicted molar refractivity (Wildman–Crippen MR) is 96.7 cm³/mol. The minimum Gasteiger partial charge on any atom is -0.339 e. The summed E-state index contributed by atoms with van der Waals surface area (Å²) in [5, 5.41) is 8.73. The van der Waals surface area contributed by atoms with Gasteiger partial charge in [-0.15, -0.1) is 22.7 Å². The molecule has 130 valence electrons. The van der Waals surface area contributed by atoms with Gasteiger partial charge in [-0.05, 0) is 31.2 Å². The van der Waals surface area contributed by atoms with E-state index in [4.69, 9.17) is 4.52 Å². The minimum atomic E-state index is -0.100. The van der Waals surface area contributed by atoms with E-state index in [9.17, 15) is 4.79 Å². The molecule has 0 aliphatic heterocycles. The largest absolute Gasteiger partial charge is 0.339 e. The van der Waals surface area contributed by atoms with Gasteiger partial charge in [-0.3, -0.25) is 4.79 Å². The molecule has 0 unspecified atom stereocenters. The number of nitrogens with zero attached hydrogens (tertiary/aromatic N) is 4. The van der Waals surface area contributed by atoms with E-state index in [0.717, 1.165) is 22.7 Å². The third-order valence-corrected chi connectivity index (χ3v) is 6.28. The molecule has 1 amide bonds. The van der Waals surface area contributed by atoms with Crippen molar-refractivity contribution >= 4 is 28.6 Å². The van der Waals surface area contributed by atoms with Gasteiger partial charge in [-0.1, -0.05) is 17.6 Å². The summed E-state index contributed by atoms with van der Waals surface area (Å²) in [6.45, 7) is 2.85. The SMILES string of the molecule is CCN(Cc1noc(C2CCC2)n1)C(=O)c1csc(-c2cccs2)n1. The van der Waals surface area contributed by atoms with Crippen LogP contribution in [0, 0.1) is 0 Å². The topological polar surface area (TPSA) is 72.1 Å². The first-order valence-electron chi connectivity index (χ1n) is 8.35. The number of hydrogen-bond donors (Lipinski definition) is 0. The number of carbonyl (C=O) groups is 1. The summed E-state index contributed by atoms with van der Waals surface area (Å²) in [4.78, 5) is 24.5. The molecule has 1 saturated carbocycles. The molecule has 0 saturated heterocycles. The van der Waals surface area contributed by atoms with Crippen LogP contribution in [0.3, 0.4) is 0 Å². The van der Waals surface area contributed by atoms with Gasteiger partial charge in [0.2, 0.25) is 5.89 Å². The maximum atomic E-state index is 12.8. The summed E-state index contributed by atoms with van der Waals surface area (Å²) in [5.41, 5.74) is 0.470. The molecule has 25 heavy (non-hydrogen) atoms. The van der Waals surface area contributed by atoms with Crippen molar-refractivity contribution in [1.82, 2.24) is 20.0 Å². The lowest BCUT2D eigenvalue weighted by Crippen LogP contribution is -2.31. The van der Waals surface area contributed by atoms with Crippen molar-refractivity contribution in [3.8, 4) is 9.88 Å². The Hall–Kier alpha value is -2.06. The van der Waals surface area contributed by atoms with E-state index < -0.39 is 0 Å². The van der Waals surface area contributed by atoms with Crippen LogP contribution in [0.1, 0.15) is 54.3 Å². The number of aromatic nitrogens is 3. The normalized spacial score (nSPS) is 14.4. The lowest BCUT2D eigenvalue weighted by atomic mass is 9.85. The molecule has 6 nitrogen and oxygen atoms in total. The molecule has 0 bridgehead atoms. The molecule has 0 atom stereocenters.